The maximum atomic E-state index is 14.0. The molecule has 2 aromatic carbocycles. The highest BCUT2D eigenvalue weighted by molar-refractivity contribution is 6.01. The number of rotatable bonds is 6. The molecule has 0 radical (unpaired) electrons. The summed E-state index contributed by atoms with van der Waals surface area (Å²) in [5.74, 6) is -0.292. The van der Waals surface area contributed by atoms with Crippen molar-refractivity contribution in [3.8, 4) is 0 Å². The molecular formula is C22H19FN2O3. The summed E-state index contributed by atoms with van der Waals surface area (Å²) in [6.45, 7) is 0.727. The molecular weight excluding hydrogens is 359 g/mol. The fourth-order valence-electron chi connectivity index (χ4n) is 3.21. The van der Waals surface area contributed by atoms with Gasteiger partial charge in [-0.25, -0.2) is 4.39 Å². The normalized spacial score (nSPS) is 15.8. The van der Waals surface area contributed by atoms with Gasteiger partial charge in [-0.05, 0) is 23.8 Å². The molecule has 5 nitrogen and oxygen atoms in total. The molecule has 2 heterocycles. The molecule has 0 bridgehead atoms. The van der Waals surface area contributed by atoms with Crippen LogP contribution in [-0.4, -0.2) is 29.2 Å². The van der Waals surface area contributed by atoms with Crippen molar-refractivity contribution >= 4 is 11.6 Å². The minimum atomic E-state index is -0.350. The predicted molar refractivity (Wildman–Crippen MR) is 102 cm³/mol. The molecule has 0 unspecified atom stereocenters. The van der Waals surface area contributed by atoms with E-state index in [9.17, 15) is 9.18 Å². The Kier molecular flexibility index (Phi) is 5.19. The Labute approximate surface area is 162 Å². The van der Waals surface area contributed by atoms with Crippen LogP contribution in [0, 0.1) is 5.82 Å². The Bertz CT molecular complexity index is 970. The van der Waals surface area contributed by atoms with E-state index in [1.165, 1.54) is 12.3 Å². The number of benzene rings is 2. The molecule has 142 valence electrons. The van der Waals surface area contributed by atoms with Gasteiger partial charge in [0.25, 0.3) is 5.91 Å². The topological polar surface area (TPSA) is 55.0 Å². The van der Waals surface area contributed by atoms with Gasteiger partial charge in [0.2, 0.25) is 0 Å². The quantitative estimate of drug-likeness (QED) is 0.644. The summed E-state index contributed by atoms with van der Waals surface area (Å²) in [5.41, 5.74) is 1.97. The molecule has 28 heavy (non-hydrogen) atoms. The third-order valence-electron chi connectivity index (χ3n) is 4.58. The van der Waals surface area contributed by atoms with Crippen molar-refractivity contribution in [1.82, 2.24) is 4.90 Å². The van der Waals surface area contributed by atoms with Gasteiger partial charge in [0.1, 0.15) is 5.82 Å². The first-order valence-electron chi connectivity index (χ1n) is 9.05. The zero-order valence-corrected chi connectivity index (χ0v) is 15.1. The molecule has 1 aromatic heterocycles. The van der Waals surface area contributed by atoms with Gasteiger partial charge in [0.05, 0.1) is 18.5 Å². The minimum Gasteiger partial charge on any atom is -0.459 e. The lowest BCUT2D eigenvalue weighted by Crippen LogP contribution is -2.37. The fourth-order valence-corrected chi connectivity index (χ4v) is 3.21. The summed E-state index contributed by atoms with van der Waals surface area (Å²) in [4.78, 5) is 20.1. The highest BCUT2D eigenvalue weighted by atomic mass is 19.1. The average molecular weight is 378 g/mol. The van der Waals surface area contributed by atoms with Gasteiger partial charge in [0, 0.05) is 18.5 Å². The van der Waals surface area contributed by atoms with E-state index >= 15 is 0 Å². The molecule has 1 atom stereocenters. The zero-order chi connectivity index (χ0) is 19.3. The molecule has 3 aromatic rings. The lowest BCUT2D eigenvalue weighted by atomic mass is 10.0. The van der Waals surface area contributed by atoms with Crippen LogP contribution in [0.2, 0.25) is 0 Å². The second-order valence-electron chi connectivity index (χ2n) is 6.60. The van der Waals surface area contributed by atoms with Crippen LogP contribution in [0.1, 0.15) is 28.1 Å². The molecule has 0 saturated carbocycles. The molecule has 0 N–H and O–H groups in total. The van der Waals surface area contributed by atoms with E-state index < -0.39 is 0 Å². The molecule has 6 heteroatoms. The van der Waals surface area contributed by atoms with Crippen molar-refractivity contribution in [3.05, 3.63) is 95.7 Å². The Morgan fingerprint density at radius 3 is 2.61 bits per heavy atom. The van der Waals surface area contributed by atoms with Gasteiger partial charge in [-0.15, -0.1) is 0 Å². The zero-order valence-electron chi connectivity index (χ0n) is 15.1. The second-order valence-corrected chi connectivity index (χ2v) is 6.60. The second kappa shape index (κ2) is 8.08. The number of furan rings is 1. The number of oxime groups is 1. The Hall–Kier alpha value is -3.41. The van der Waals surface area contributed by atoms with E-state index in [1.807, 2.05) is 30.3 Å². The standard InChI is InChI=1S/C22H19FN2O3/c23-19-10-5-4-9-18(19)20-13-17(28-24-20)15-25(14-16-7-2-1-3-8-16)22(26)21-11-6-12-27-21/h1-12,17H,13-15H2/t17-/m0/s1. The summed E-state index contributed by atoms with van der Waals surface area (Å²) >= 11 is 0. The van der Waals surface area contributed by atoms with Gasteiger partial charge in [0.15, 0.2) is 11.9 Å². The summed E-state index contributed by atoms with van der Waals surface area (Å²) in [7, 11) is 0. The molecule has 0 spiro atoms. The summed E-state index contributed by atoms with van der Waals surface area (Å²) in [5, 5.41) is 4.05. The number of hydrogen-bond donors (Lipinski definition) is 0. The van der Waals surface area contributed by atoms with E-state index in [2.05, 4.69) is 5.16 Å². The Balaban J connectivity index is 1.49. The van der Waals surface area contributed by atoms with Crippen LogP contribution >= 0.6 is 0 Å². The van der Waals surface area contributed by atoms with Gasteiger partial charge in [-0.1, -0.05) is 53.7 Å². The first-order chi connectivity index (χ1) is 13.7. The van der Waals surface area contributed by atoms with Crippen LogP contribution in [-0.2, 0) is 11.4 Å². The van der Waals surface area contributed by atoms with Crippen molar-refractivity contribution in [2.45, 2.75) is 19.1 Å². The number of halogens is 1. The molecule has 0 aliphatic carbocycles. The summed E-state index contributed by atoms with van der Waals surface area (Å²) < 4.78 is 19.3. The molecule has 1 aliphatic rings. The highest BCUT2D eigenvalue weighted by Crippen LogP contribution is 2.21. The third kappa shape index (κ3) is 3.96. The molecule has 0 fully saturated rings. The largest absolute Gasteiger partial charge is 0.459 e. The molecule has 1 aliphatic heterocycles. The average Bonchev–Trinajstić information content (AvgIpc) is 3.40. The number of carbonyl (C=O) groups excluding carboxylic acids is 1. The number of amides is 1. The van der Waals surface area contributed by atoms with Crippen LogP contribution in [0.4, 0.5) is 4.39 Å². The van der Waals surface area contributed by atoms with Crippen molar-refractivity contribution in [2.75, 3.05) is 6.54 Å². The van der Waals surface area contributed by atoms with Crippen molar-refractivity contribution in [1.29, 1.82) is 0 Å². The Morgan fingerprint density at radius 1 is 1.07 bits per heavy atom. The molecule has 1 amide bonds. The Morgan fingerprint density at radius 2 is 1.86 bits per heavy atom. The summed E-state index contributed by atoms with van der Waals surface area (Å²) in [6.07, 6.45) is 1.55. The maximum absolute atomic E-state index is 14.0. The first-order valence-corrected chi connectivity index (χ1v) is 9.05. The van der Waals surface area contributed by atoms with Crippen molar-refractivity contribution in [3.63, 3.8) is 0 Å². The monoisotopic (exact) mass is 378 g/mol. The number of carbonyl (C=O) groups is 1. The highest BCUT2D eigenvalue weighted by Gasteiger charge is 2.29. The number of nitrogens with zero attached hydrogens (tertiary/aromatic N) is 2. The maximum Gasteiger partial charge on any atom is 0.289 e. The minimum absolute atomic E-state index is 0.225. The predicted octanol–water partition coefficient (Wildman–Crippen LogP) is 4.25. The van der Waals surface area contributed by atoms with Crippen LogP contribution < -0.4 is 0 Å². The fraction of sp³-hybridized carbons (Fsp3) is 0.182. The number of hydrogen-bond acceptors (Lipinski definition) is 4. The van der Waals surface area contributed by atoms with Gasteiger partial charge in [-0.2, -0.15) is 0 Å². The van der Waals surface area contributed by atoms with E-state index in [0.29, 0.717) is 30.8 Å². The van der Waals surface area contributed by atoms with Crippen LogP contribution in [0.3, 0.4) is 0 Å². The van der Waals surface area contributed by atoms with E-state index in [1.54, 1.807) is 35.2 Å². The molecule has 0 saturated heterocycles. The van der Waals surface area contributed by atoms with Crippen LogP contribution in [0.5, 0.6) is 0 Å². The van der Waals surface area contributed by atoms with E-state index in [0.717, 1.165) is 5.56 Å². The summed E-state index contributed by atoms with van der Waals surface area (Å²) in [6, 6.07) is 19.5. The first kappa shape index (κ1) is 18.0. The van der Waals surface area contributed by atoms with Crippen LogP contribution in [0.15, 0.2) is 82.6 Å². The van der Waals surface area contributed by atoms with Gasteiger partial charge < -0.3 is 14.2 Å². The van der Waals surface area contributed by atoms with Crippen LogP contribution in [0.25, 0.3) is 0 Å². The lowest BCUT2D eigenvalue weighted by molar-refractivity contribution is 0.0387. The third-order valence-corrected chi connectivity index (χ3v) is 4.58. The molecule has 4 rings (SSSR count). The SMILES string of the molecule is O=C(c1ccco1)N(Cc1ccccc1)C[C@@H]1CC(c2ccccc2F)=NO1. The lowest BCUT2D eigenvalue weighted by Gasteiger charge is -2.24. The van der Waals surface area contributed by atoms with Crippen molar-refractivity contribution in [2.24, 2.45) is 5.16 Å². The smallest absolute Gasteiger partial charge is 0.289 e. The van der Waals surface area contributed by atoms with Crippen molar-refractivity contribution < 1.29 is 18.4 Å². The van der Waals surface area contributed by atoms with E-state index in [4.69, 9.17) is 9.25 Å². The van der Waals surface area contributed by atoms with E-state index in [-0.39, 0.29) is 23.6 Å². The van der Waals surface area contributed by atoms with Gasteiger partial charge >= 0.3 is 0 Å². The van der Waals surface area contributed by atoms with Gasteiger partial charge in [-0.3, -0.25) is 4.79 Å².